The van der Waals surface area contributed by atoms with Gasteiger partial charge in [0.05, 0.1) is 4.92 Å². The van der Waals surface area contributed by atoms with Gasteiger partial charge in [-0.25, -0.2) is 0 Å². The lowest BCUT2D eigenvalue weighted by atomic mass is 10.3. The number of para-hydroxylation sites is 1. The van der Waals surface area contributed by atoms with E-state index < -0.39 is 4.92 Å². The summed E-state index contributed by atoms with van der Waals surface area (Å²) in [5, 5.41) is 13.5. The van der Waals surface area contributed by atoms with Gasteiger partial charge >= 0.3 is 0 Å². The van der Waals surface area contributed by atoms with Crippen molar-refractivity contribution < 1.29 is 9.76 Å². The second-order valence-electron chi connectivity index (χ2n) is 2.50. The van der Waals surface area contributed by atoms with E-state index >= 15 is 0 Å². The van der Waals surface area contributed by atoms with E-state index in [1.807, 2.05) is 0 Å². The van der Waals surface area contributed by atoms with Crippen molar-refractivity contribution in [3.05, 3.63) is 40.4 Å². The summed E-state index contributed by atoms with van der Waals surface area (Å²) in [4.78, 5) is 14.1. The molecule has 0 spiro atoms. The maximum Gasteiger partial charge on any atom is 0.269 e. The molecule has 0 saturated carbocycles. The van der Waals surface area contributed by atoms with Crippen molar-refractivity contribution in [2.45, 2.75) is 6.42 Å². The van der Waals surface area contributed by atoms with Crippen LogP contribution >= 0.6 is 0 Å². The average molecular weight is 194 g/mol. The van der Waals surface area contributed by atoms with Crippen molar-refractivity contribution in [2.24, 2.45) is 5.16 Å². The van der Waals surface area contributed by atoms with Gasteiger partial charge in [0.2, 0.25) is 0 Å². The summed E-state index contributed by atoms with van der Waals surface area (Å²) in [6, 6.07) is 7.93. The van der Waals surface area contributed by atoms with Crippen LogP contribution in [0.3, 0.4) is 0 Å². The van der Waals surface area contributed by atoms with E-state index in [4.69, 9.17) is 0 Å². The van der Waals surface area contributed by atoms with Crippen LogP contribution in [-0.4, -0.2) is 17.7 Å². The fourth-order valence-electron chi connectivity index (χ4n) is 0.813. The fourth-order valence-corrected chi connectivity index (χ4v) is 0.813. The van der Waals surface area contributed by atoms with Gasteiger partial charge in [0.1, 0.15) is 6.61 Å². The number of hydrogen-bond acceptors (Lipinski definition) is 4. The molecule has 0 aromatic heterocycles. The SMILES string of the molecule is C1=NOCC1.O=[N+]([O-])c1ccccc1. The third kappa shape index (κ3) is 3.66. The Labute approximate surface area is 81.1 Å². The lowest BCUT2D eigenvalue weighted by molar-refractivity contribution is -0.384. The third-order valence-electron chi connectivity index (χ3n) is 1.45. The zero-order valence-corrected chi connectivity index (χ0v) is 7.50. The molecule has 0 N–H and O–H groups in total. The van der Waals surface area contributed by atoms with Crippen molar-refractivity contribution in [3.8, 4) is 0 Å². The van der Waals surface area contributed by atoms with Gasteiger partial charge in [-0.3, -0.25) is 10.1 Å². The molecule has 1 aromatic carbocycles. The normalized spacial score (nSPS) is 12.6. The monoisotopic (exact) mass is 194 g/mol. The van der Waals surface area contributed by atoms with Crippen molar-refractivity contribution in [2.75, 3.05) is 6.61 Å². The number of rotatable bonds is 1. The Morgan fingerprint density at radius 1 is 1.36 bits per heavy atom. The maximum atomic E-state index is 10.0. The molecule has 1 aliphatic rings. The van der Waals surface area contributed by atoms with E-state index in [1.165, 1.54) is 12.1 Å². The predicted octanol–water partition coefficient (Wildman–Crippen LogP) is 1.99. The summed E-state index contributed by atoms with van der Waals surface area (Å²) < 4.78 is 0. The van der Waals surface area contributed by atoms with E-state index in [2.05, 4.69) is 9.99 Å². The Balaban J connectivity index is 0.000000165. The molecule has 0 saturated heterocycles. The van der Waals surface area contributed by atoms with E-state index in [-0.39, 0.29) is 5.69 Å². The topological polar surface area (TPSA) is 64.7 Å². The first kappa shape index (κ1) is 10.2. The Hall–Kier alpha value is -1.91. The number of nitro benzene ring substituents is 1. The largest absolute Gasteiger partial charge is 0.396 e. The Kier molecular flexibility index (Phi) is 4.13. The van der Waals surface area contributed by atoms with E-state index in [1.54, 1.807) is 24.4 Å². The highest BCUT2D eigenvalue weighted by Gasteiger charge is 1.98. The second-order valence-corrected chi connectivity index (χ2v) is 2.50. The molecule has 14 heavy (non-hydrogen) atoms. The van der Waals surface area contributed by atoms with Crippen molar-refractivity contribution in [1.82, 2.24) is 0 Å². The van der Waals surface area contributed by atoms with Crippen LogP contribution in [0.1, 0.15) is 6.42 Å². The van der Waals surface area contributed by atoms with E-state index in [0.717, 1.165) is 13.0 Å². The van der Waals surface area contributed by atoms with Crippen LogP contribution in [0.4, 0.5) is 5.69 Å². The number of non-ortho nitro benzene ring substituents is 1. The van der Waals surface area contributed by atoms with Gasteiger partial charge in [-0.1, -0.05) is 23.4 Å². The molecule has 2 rings (SSSR count). The summed E-state index contributed by atoms with van der Waals surface area (Å²) in [5.74, 6) is 0. The van der Waals surface area contributed by atoms with Crippen LogP contribution in [0.25, 0.3) is 0 Å². The minimum atomic E-state index is -0.417. The second kappa shape index (κ2) is 5.69. The van der Waals surface area contributed by atoms with Crippen molar-refractivity contribution >= 4 is 11.9 Å². The molecule has 0 aliphatic carbocycles. The average Bonchev–Trinajstić information content (AvgIpc) is 2.77. The minimum absolute atomic E-state index is 0.137. The van der Waals surface area contributed by atoms with Gasteiger partial charge in [-0.2, -0.15) is 0 Å². The van der Waals surface area contributed by atoms with Crippen molar-refractivity contribution in [3.63, 3.8) is 0 Å². The van der Waals surface area contributed by atoms with Crippen LogP contribution in [0.2, 0.25) is 0 Å². The van der Waals surface area contributed by atoms with Crippen LogP contribution in [-0.2, 0) is 4.84 Å². The third-order valence-corrected chi connectivity index (χ3v) is 1.45. The predicted molar refractivity (Wildman–Crippen MR) is 52.2 cm³/mol. The first-order valence-corrected chi connectivity index (χ1v) is 4.14. The molecular formula is C9H10N2O3. The highest BCUT2D eigenvalue weighted by atomic mass is 16.6. The lowest BCUT2D eigenvalue weighted by Crippen LogP contribution is -1.84. The number of oxime groups is 1. The summed E-state index contributed by atoms with van der Waals surface area (Å²) >= 11 is 0. The first-order valence-electron chi connectivity index (χ1n) is 4.14. The molecule has 0 radical (unpaired) electrons. The van der Waals surface area contributed by atoms with Crippen LogP contribution in [0.15, 0.2) is 35.5 Å². The molecule has 0 unspecified atom stereocenters. The van der Waals surface area contributed by atoms with E-state index in [9.17, 15) is 10.1 Å². The molecule has 74 valence electrons. The van der Waals surface area contributed by atoms with Crippen LogP contribution in [0.5, 0.6) is 0 Å². The molecule has 0 fully saturated rings. The quantitative estimate of drug-likeness (QED) is 0.507. The zero-order chi connectivity index (χ0) is 10.2. The van der Waals surface area contributed by atoms with Gasteiger partial charge in [-0.15, -0.1) is 0 Å². The summed E-state index contributed by atoms with van der Waals surface area (Å²) in [6.45, 7) is 0.778. The van der Waals surface area contributed by atoms with E-state index in [0.29, 0.717) is 0 Å². The van der Waals surface area contributed by atoms with Crippen LogP contribution in [0, 0.1) is 10.1 Å². The molecule has 1 aliphatic heterocycles. The Morgan fingerprint density at radius 3 is 2.36 bits per heavy atom. The minimum Gasteiger partial charge on any atom is -0.396 e. The molecule has 5 nitrogen and oxygen atoms in total. The molecular weight excluding hydrogens is 184 g/mol. The molecule has 0 atom stereocenters. The summed E-state index contributed by atoms with van der Waals surface area (Å²) in [7, 11) is 0. The molecule has 1 heterocycles. The number of benzene rings is 1. The first-order chi connectivity index (χ1) is 6.80. The zero-order valence-electron chi connectivity index (χ0n) is 7.50. The highest BCUT2D eigenvalue weighted by molar-refractivity contribution is 5.57. The van der Waals surface area contributed by atoms with Crippen molar-refractivity contribution in [1.29, 1.82) is 0 Å². The van der Waals surface area contributed by atoms with Crippen LogP contribution < -0.4 is 0 Å². The number of nitrogens with zero attached hydrogens (tertiary/aromatic N) is 2. The molecule has 5 heteroatoms. The molecule has 0 bridgehead atoms. The van der Waals surface area contributed by atoms with Gasteiger partial charge in [0.15, 0.2) is 0 Å². The van der Waals surface area contributed by atoms with Gasteiger partial charge < -0.3 is 4.84 Å². The standard InChI is InChI=1S/C6H5NO2.C3H5NO/c8-7(9)6-4-2-1-3-5-6;1-2-4-5-3-1/h1-5H;2H,1,3H2. The Morgan fingerprint density at radius 2 is 2.07 bits per heavy atom. The number of hydrogen-bond donors (Lipinski definition) is 0. The Bertz CT molecular complexity index is 305. The fraction of sp³-hybridized carbons (Fsp3) is 0.222. The number of nitro groups is 1. The summed E-state index contributed by atoms with van der Waals surface area (Å²) in [5.41, 5.74) is 0.137. The van der Waals surface area contributed by atoms with Gasteiger partial charge in [-0.05, 0) is 0 Å². The van der Waals surface area contributed by atoms with Gasteiger partial charge in [0, 0.05) is 24.8 Å². The highest BCUT2D eigenvalue weighted by Crippen LogP contribution is 2.06. The molecule has 0 amide bonds. The molecule has 1 aromatic rings. The smallest absolute Gasteiger partial charge is 0.269 e. The summed E-state index contributed by atoms with van der Waals surface area (Å²) in [6.07, 6.45) is 2.75. The maximum absolute atomic E-state index is 10.0. The van der Waals surface area contributed by atoms with Gasteiger partial charge in [0.25, 0.3) is 5.69 Å². The lowest BCUT2D eigenvalue weighted by Gasteiger charge is -1.85.